The molecule has 0 N–H and O–H groups in total. The predicted octanol–water partition coefficient (Wildman–Crippen LogP) is 4.58. The van der Waals surface area contributed by atoms with Crippen LogP contribution in [0.2, 0.25) is 0 Å². The zero-order valence-corrected chi connectivity index (χ0v) is 11.7. The van der Waals surface area contributed by atoms with E-state index in [9.17, 15) is 0 Å². The Hall–Kier alpha value is -1.15. The van der Waals surface area contributed by atoms with Gasteiger partial charge in [-0.2, -0.15) is 0 Å². The quantitative estimate of drug-likeness (QED) is 0.725. The third-order valence-corrected chi connectivity index (χ3v) is 3.45. The van der Waals surface area contributed by atoms with Crippen LogP contribution in [-0.2, 0) is 0 Å². The van der Waals surface area contributed by atoms with Gasteiger partial charge >= 0.3 is 0 Å². The third kappa shape index (κ3) is 2.27. The van der Waals surface area contributed by atoms with Gasteiger partial charge in [-0.1, -0.05) is 42.5 Å². The minimum absolute atomic E-state index is 0.490. The molecule has 0 bridgehead atoms. The van der Waals surface area contributed by atoms with Crippen molar-refractivity contribution < 1.29 is 0 Å². The van der Waals surface area contributed by atoms with E-state index in [2.05, 4.69) is 56.9 Å². The van der Waals surface area contributed by atoms with Crippen LogP contribution in [0.4, 0.5) is 5.69 Å². The molecule has 17 heavy (non-hydrogen) atoms. The first-order valence-electron chi connectivity index (χ1n) is 6.16. The van der Waals surface area contributed by atoms with Gasteiger partial charge in [0.2, 0.25) is 0 Å². The highest BCUT2D eigenvalue weighted by Crippen LogP contribution is 2.45. The summed E-state index contributed by atoms with van der Waals surface area (Å²) in [6.07, 6.45) is 0. The Labute approximate surface area is 109 Å². The number of hydrogen-bond donors (Lipinski definition) is 0. The van der Waals surface area contributed by atoms with Crippen molar-refractivity contribution in [2.24, 2.45) is 0 Å². The molecule has 0 saturated heterocycles. The molecular weight excluding hydrogens is 226 g/mol. The lowest BCUT2D eigenvalue weighted by molar-refractivity contribution is 0.613. The smallest absolute Gasteiger partial charge is 0.0717 e. The molecule has 2 aromatic carbocycles. The second-order valence-electron chi connectivity index (χ2n) is 5.01. The van der Waals surface area contributed by atoms with E-state index in [1.54, 1.807) is 0 Å². The molecule has 0 fully saturated rings. The maximum absolute atomic E-state index is 5.47. The molecule has 0 amide bonds. The van der Waals surface area contributed by atoms with Gasteiger partial charge in [-0.05, 0) is 33.3 Å². The fraction of sp³-hybridized carbons (Fsp3) is 0.400. The highest BCUT2D eigenvalue weighted by Gasteiger charge is 2.28. The van der Waals surface area contributed by atoms with Gasteiger partial charge in [-0.15, -0.1) is 0 Å². The minimum atomic E-state index is 0.490. The standard InChI is InChI=1S/C15H19NS/c1-10(2)16(11(3)4)14-13(15(14)17)12-8-6-5-7-9-12/h5-11H,1-4H3. The van der Waals surface area contributed by atoms with Crippen LogP contribution in [0, 0.1) is 4.51 Å². The third-order valence-electron chi connectivity index (χ3n) is 3.05. The van der Waals surface area contributed by atoms with Gasteiger partial charge in [0.15, 0.2) is 0 Å². The summed E-state index contributed by atoms with van der Waals surface area (Å²) in [5.74, 6) is 0. The molecule has 0 aromatic heterocycles. The molecule has 1 nitrogen and oxygen atoms in total. The normalized spacial score (nSPS) is 11.6. The molecule has 90 valence electrons. The van der Waals surface area contributed by atoms with E-state index in [4.69, 9.17) is 12.2 Å². The van der Waals surface area contributed by atoms with Gasteiger partial charge in [0.05, 0.1) is 10.2 Å². The summed E-state index contributed by atoms with van der Waals surface area (Å²) in [6, 6.07) is 11.4. The lowest BCUT2D eigenvalue weighted by atomic mass is 10.2. The van der Waals surface area contributed by atoms with E-state index in [-0.39, 0.29) is 0 Å². The topological polar surface area (TPSA) is 3.24 Å². The molecule has 0 aliphatic rings. The first kappa shape index (κ1) is 12.3. The van der Waals surface area contributed by atoms with E-state index in [0.717, 1.165) is 4.51 Å². The fourth-order valence-corrected chi connectivity index (χ4v) is 2.76. The number of rotatable bonds is 4. The average Bonchev–Trinajstić information content (AvgIpc) is 2.90. The molecular formula is C15H19NS. The molecule has 0 unspecified atom stereocenters. The van der Waals surface area contributed by atoms with Crippen molar-refractivity contribution in [3.8, 4) is 11.1 Å². The molecule has 0 aliphatic carbocycles. The van der Waals surface area contributed by atoms with Gasteiger partial charge in [-0.3, -0.25) is 0 Å². The van der Waals surface area contributed by atoms with Crippen LogP contribution in [0.15, 0.2) is 30.3 Å². The number of hydrogen-bond acceptors (Lipinski definition) is 2. The van der Waals surface area contributed by atoms with E-state index >= 15 is 0 Å². The molecule has 2 heteroatoms. The monoisotopic (exact) mass is 245 g/mol. The Bertz CT molecular complexity index is 496. The molecule has 0 aliphatic heterocycles. The Kier molecular flexibility index (Phi) is 3.34. The largest absolute Gasteiger partial charge is 0.365 e. The van der Waals surface area contributed by atoms with Crippen molar-refractivity contribution >= 4 is 17.9 Å². The SMILES string of the molecule is CC(C)N(c1c(-c2ccccc2)c1=S)C(C)C. The van der Waals surface area contributed by atoms with Crippen molar-refractivity contribution in [2.75, 3.05) is 4.90 Å². The van der Waals surface area contributed by atoms with Crippen LogP contribution >= 0.6 is 12.2 Å². The second kappa shape index (κ2) is 4.61. The van der Waals surface area contributed by atoms with Crippen LogP contribution in [0.25, 0.3) is 11.1 Å². The maximum Gasteiger partial charge on any atom is 0.0717 e. The molecule has 0 saturated carbocycles. The molecule has 0 spiro atoms. The zero-order chi connectivity index (χ0) is 12.6. The maximum atomic E-state index is 5.47. The van der Waals surface area contributed by atoms with Crippen LogP contribution in [0.1, 0.15) is 27.7 Å². The molecule has 0 heterocycles. The molecule has 0 radical (unpaired) electrons. The highest BCUT2D eigenvalue weighted by atomic mass is 32.1. The van der Waals surface area contributed by atoms with E-state index in [0.29, 0.717) is 12.1 Å². The van der Waals surface area contributed by atoms with Gasteiger partial charge in [0.1, 0.15) is 0 Å². The first-order chi connectivity index (χ1) is 8.04. The summed E-state index contributed by atoms with van der Waals surface area (Å²) in [5.41, 5.74) is 3.79. The minimum Gasteiger partial charge on any atom is -0.365 e. The second-order valence-corrected chi connectivity index (χ2v) is 5.42. The lowest BCUT2D eigenvalue weighted by Gasteiger charge is -2.30. The Morgan fingerprint density at radius 2 is 1.47 bits per heavy atom. The Morgan fingerprint density at radius 3 is 1.94 bits per heavy atom. The molecule has 2 rings (SSSR count). The Morgan fingerprint density at radius 1 is 0.941 bits per heavy atom. The van der Waals surface area contributed by atoms with Crippen LogP contribution in [-0.4, -0.2) is 12.1 Å². The van der Waals surface area contributed by atoms with Crippen molar-refractivity contribution in [3.05, 3.63) is 34.8 Å². The molecule has 2 aromatic rings. The predicted molar refractivity (Wildman–Crippen MR) is 77.8 cm³/mol. The van der Waals surface area contributed by atoms with Gasteiger partial charge in [0, 0.05) is 17.6 Å². The highest BCUT2D eigenvalue weighted by molar-refractivity contribution is 7.72. The number of anilines is 1. The molecule has 0 atom stereocenters. The average molecular weight is 245 g/mol. The van der Waals surface area contributed by atoms with Crippen molar-refractivity contribution in [2.45, 2.75) is 39.8 Å². The van der Waals surface area contributed by atoms with Crippen LogP contribution in [0.5, 0.6) is 0 Å². The summed E-state index contributed by atoms with van der Waals surface area (Å²) in [4.78, 5) is 2.41. The van der Waals surface area contributed by atoms with Gasteiger partial charge in [0.25, 0.3) is 0 Å². The van der Waals surface area contributed by atoms with Crippen LogP contribution < -0.4 is 4.90 Å². The van der Waals surface area contributed by atoms with Crippen molar-refractivity contribution in [3.63, 3.8) is 0 Å². The van der Waals surface area contributed by atoms with Crippen LogP contribution in [0.3, 0.4) is 0 Å². The summed E-state index contributed by atoms with van der Waals surface area (Å²) in [5, 5.41) is 0. The zero-order valence-electron chi connectivity index (χ0n) is 10.9. The van der Waals surface area contributed by atoms with E-state index < -0.39 is 0 Å². The summed E-state index contributed by atoms with van der Waals surface area (Å²) < 4.78 is 1.04. The van der Waals surface area contributed by atoms with Gasteiger partial charge in [-0.25, -0.2) is 0 Å². The van der Waals surface area contributed by atoms with Gasteiger partial charge < -0.3 is 4.90 Å². The number of nitrogens with zero attached hydrogens (tertiary/aromatic N) is 1. The lowest BCUT2D eigenvalue weighted by Crippen LogP contribution is -2.35. The summed E-state index contributed by atoms with van der Waals surface area (Å²) >= 11 is 5.47. The Balaban J connectivity index is 2.34. The number of benzene rings is 1. The summed E-state index contributed by atoms with van der Waals surface area (Å²) in [7, 11) is 0. The van der Waals surface area contributed by atoms with Crippen molar-refractivity contribution in [1.29, 1.82) is 0 Å². The van der Waals surface area contributed by atoms with E-state index in [1.807, 2.05) is 6.07 Å². The van der Waals surface area contributed by atoms with E-state index in [1.165, 1.54) is 16.8 Å². The summed E-state index contributed by atoms with van der Waals surface area (Å²) in [6.45, 7) is 8.88. The van der Waals surface area contributed by atoms with Crippen molar-refractivity contribution in [1.82, 2.24) is 0 Å². The fourth-order valence-electron chi connectivity index (χ4n) is 2.39. The first-order valence-corrected chi connectivity index (χ1v) is 6.57.